The van der Waals surface area contributed by atoms with Crippen molar-refractivity contribution in [2.45, 2.75) is 96.8 Å². The second kappa shape index (κ2) is 12.2. The summed E-state index contributed by atoms with van der Waals surface area (Å²) in [7, 11) is 0. The fraction of sp³-hybridized carbons (Fsp3) is 0.850. The summed E-state index contributed by atoms with van der Waals surface area (Å²) in [6.07, 6.45) is 12.3. The van der Waals surface area contributed by atoms with Gasteiger partial charge in [-0.25, -0.2) is 0 Å². The second-order valence-corrected chi connectivity index (χ2v) is 7.27. The molecule has 4 heteroatoms. The first-order valence-electron chi connectivity index (χ1n) is 9.80. The van der Waals surface area contributed by atoms with Crippen LogP contribution in [0.5, 0.6) is 0 Å². The number of ketones is 2. The van der Waals surface area contributed by atoms with Gasteiger partial charge in [0.25, 0.3) is 0 Å². The molecule has 4 nitrogen and oxygen atoms in total. The fourth-order valence-corrected chi connectivity index (χ4v) is 3.74. The van der Waals surface area contributed by atoms with Crippen LogP contribution in [0, 0.1) is 11.8 Å². The van der Waals surface area contributed by atoms with Gasteiger partial charge in [0.15, 0.2) is 0 Å². The third kappa shape index (κ3) is 8.60. The SMILES string of the molecule is CCCCCCCC[C@H]1CCC(=O)[C@@H]1CC(=O)CCCCC(=O)O. The minimum Gasteiger partial charge on any atom is -0.481 e. The minimum atomic E-state index is -0.813. The largest absolute Gasteiger partial charge is 0.481 e. The molecule has 2 atom stereocenters. The van der Waals surface area contributed by atoms with Crippen molar-refractivity contribution in [2.75, 3.05) is 0 Å². The van der Waals surface area contributed by atoms with E-state index in [1.807, 2.05) is 0 Å². The van der Waals surface area contributed by atoms with Gasteiger partial charge in [-0.1, -0.05) is 45.4 Å². The number of Topliss-reactive ketones (excluding diaryl/α,β-unsaturated/α-hetero) is 2. The smallest absolute Gasteiger partial charge is 0.303 e. The van der Waals surface area contributed by atoms with E-state index < -0.39 is 5.97 Å². The van der Waals surface area contributed by atoms with Crippen molar-refractivity contribution in [3.05, 3.63) is 0 Å². The lowest BCUT2D eigenvalue weighted by Gasteiger charge is -2.17. The highest BCUT2D eigenvalue weighted by Gasteiger charge is 2.35. The van der Waals surface area contributed by atoms with Gasteiger partial charge in [-0.15, -0.1) is 0 Å². The zero-order valence-electron chi connectivity index (χ0n) is 15.2. The Hall–Kier alpha value is -1.19. The maximum atomic E-state index is 12.1. The molecule has 1 aliphatic rings. The lowest BCUT2D eigenvalue weighted by atomic mass is 9.86. The Morgan fingerprint density at radius 1 is 1.00 bits per heavy atom. The molecule has 1 fully saturated rings. The van der Waals surface area contributed by atoms with E-state index in [4.69, 9.17) is 5.11 Å². The third-order valence-corrected chi connectivity index (χ3v) is 5.22. The number of unbranched alkanes of at least 4 members (excludes halogenated alkanes) is 6. The summed E-state index contributed by atoms with van der Waals surface area (Å²) in [5.41, 5.74) is 0. The highest BCUT2D eigenvalue weighted by atomic mass is 16.4. The lowest BCUT2D eigenvalue weighted by Crippen LogP contribution is -2.19. The summed E-state index contributed by atoms with van der Waals surface area (Å²) < 4.78 is 0. The molecule has 0 saturated heterocycles. The molecule has 1 N–H and O–H groups in total. The van der Waals surface area contributed by atoms with Gasteiger partial charge < -0.3 is 5.11 Å². The van der Waals surface area contributed by atoms with Gasteiger partial charge in [0, 0.05) is 31.6 Å². The van der Waals surface area contributed by atoms with Gasteiger partial charge >= 0.3 is 5.97 Å². The van der Waals surface area contributed by atoms with E-state index in [9.17, 15) is 14.4 Å². The Morgan fingerprint density at radius 2 is 1.67 bits per heavy atom. The first-order chi connectivity index (χ1) is 11.5. The molecule has 0 spiro atoms. The molecule has 0 unspecified atom stereocenters. The van der Waals surface area contributed by atoms with Crippen molar-refractivity contribution in [1.82, 2.24) is 0 Å². The molecule has 138 valence electrons. The standard InChI is InChI=1S/C20H34O4/c1-2-3-4-5-6-7-10-16-13-14-19(22)18(16)15-17(21)11-8-9-12-20(23)24/h16,18H,2-15H2,1H3,(H,23,24)/t16-,18+/m0/s1. The van der Waals surface area contributed by atoms with E-state index in [1.165, 1.54) is 38.5 Å². The van der Waals surface area contributed by atoms with Crippen LogP contribution in [0.15, 0.2) is 0 Å². The molecule has 1 aliphatic carbocycles. The average molecular weight is 338 g/mol. The topological polar surface area (TPSA) is 71.4 Å². The molecule has 24 heavy (non-hydrogen) atoms. The maximum Gasteiger partial charge on any atom is 0.303 e. The molecule has 0 aromatic heterocycles. The van der Waals surface area contributed by atoms with Gasteiger partial charge in [0.1, 0.15) is 11.6 Å². The van der Waals surface area contributed by atoms with E-state index in [0.717, 1.165) is 12.8 Å². The van der Waals surface area contributed by atoms with Crippen molar-refractivity contribution < 1.29 is 19.5 Å². The Balaban J connectivity index is 2.23. The quantitative estimate of drug-likeness (QED) is 0.455. The van der Waals surface area contributed by atoms with Crippen molar-refractivity contribution in [2.24, 2.45) is 11.8 Å². The summed E-state index contributed by atoms with van der Waals surface area (Å²) in [4.78, 5) is 34.6. The summed E-state index contributed by atoms with van der Waals surface area (Å²) in [6, 6.07) is 0. The molecule has 0 bridgehead atoms. The lowest BCUT2D eigenvalue weighted by molar-refractivity contribution is -0.137. The average Bonchev–Trinajstić information content (AvgIpc) is 2.88. The molecule has 1 saturated carbocycles. The molecular formula is C20H34O4. The van der Waals surface area contributed by atoms with Crippen LogP contribution in [0.3, 0.4) is 0 Å². The van der Waals surface area contributed by atoms with E-state index in [1.54, 1.807) is 0 Å². The number of carboxylic acids is 1. The van der Waals surface area contributed by atoms with E-state index in [-0.39, 0.29) is 23.9 Å². The van der Waals surface area contributed by atoms with Crippen LogP contribution in [-0.4, -0.2) is 22.6 Å². The van der Waals surface area contributed by atoms with Crippen LogP contribution in [-0.2, 0) is 14.4 Å². The van der Waals surface area contributed by atoms with Crippen molar-refractivity contribution in [1.29, 1.82) is 0 Å². The van der Waals surface area contributed by atoms with E-state index >= 15 is 0 Å². The number of carbonyl (C=O) groups excluding carboxylic acids is 2. The van der Waals surface area contributed by atoms with Gasteiger partial charge in [-0.05, 0) is 31.6 Å². The Labute approximate surface area is 146 Å². The fourth-order valence-electron chi connectivity index (χ4n) is 3.74. The number of hydrogen-bond donors (Lipinski definition) is 1. The number of carbonyl (C=O) groups is 3. The normalized spacial score (nSPS) is 20.5. The number of carboxylic acid groups (broad SMARTS) is 1. The number of aliphatic carboxylic acids is 1. The van der Waals surface area contributed by atoms with Crippen LogP contribution in [0.25, 0.3) is 0 Å². The predicted molar refractivity (Wildman–Crippen MR) is 94.9 cm³/mol. The minimum absolute atomic E-state index is 0.0624. The summed E-state index contributed by atoms with van der Waals surface area (Å²) in [5.74, 6) is -0.0786. The Bertz CT molecular complexity index is 402. The van der Waals surface area contributed by atoms with Gasteiger partial charge in [0.2, 0.25) is 0 Å². The van der Waals surface area contributed by atoms with Gasteiger partial charge in [-0.2, -0.15) is 0 Å². The van der Waals surface area contributed by atoms with Crippen LogP contribution in [0.1, 0.15) is 96.8 Å². The molecule has 0 aliphatic heterocycles. The number of rotatable bonds is 14. The maximum absolute atomic E-state index is 12.1. The van der Waals surface area contributed by atoms with E-state index in [0.29, 0.717) is 38.0 Å². The van der Waals surface area contributed by atoms with E-state index in [2.05, 4.69) is 6.92 Å². The van der Waals surface area contributed by atoms with Crippen LogP contribution >= 0.6 is 0 Å². The molecule has 0 amide bonds. The van der Waals surface area contributed by atoms with Gasteiger partial charge in [0.05, 0.1) is 0 Å². The first kappa shape index (κ1) is 20.9. The summed E-state index contributed by atoms with van der Waals surface area (Å²) >= 11 is 0. The van der Waals surface area contributed by atoms with Crippen LogP contribution in [0.2, 0.25) is 0 Å². The molecule has 0 aromatic rings. The number of hydrogen-bond acceptors (Lipinski definition) is 3. The molecule has 0 heterocycles. The molecular weight excluding hydrogens is 304 g/mol. The summed E-state index contributed by atoms with van der Waals surface area (Å²) in [6.45, 7) is 2.22. The second-order valence-electron chi connectivity index (χ2n) is 7.27. The Kier molecular flexibility index (Phi) is 10.6. The molecule has 1 rings (SSSR count). The monoisotopic (exact) mass is 338 g/mol. The summed E-state index contributed by atoms with van der Waals surface area (Å²) in [5, 5.41) is 8.60. The zero-order chi connectivity index (χ0) is 17.8. The predicted octanol–water partition coefficient (Wildman–Crippen LogP) is 4.94. The van der Waals surface area contributed by atoms with Crippen molar-refractivity contribution >= 4 is 17.5 Å². The highest BCUT2D eigenvalue weighted by Crippen LogP contribution is 2.35. The Morgan fingerprint density at radius 3 is 2.38 bits per heavy atom. The van der Waals surface area contributed by atoms with Gasteiger partial charge in [-0.3, -0.25) is 14.4 Å². The molecule has 0 aromatic carbocycles. The third-order valence-electron chi connectivity index (χ3n) is 5.22. The van der Waals surface area contributed by atoms with Crippen LogP contribution in [0.4, 0.5) is 0 Å². The zero-order valence-corrected chi connectivity index (χ0v) is 15.2. The van der Waals surface area contributed by atoms with Crippen molar-refractivity contribution in [3.8, 4) is 0 Å². The molecule has 0 radical (unpaired) electrons. The van der Waals surface area contributed by atoms with Crippen LogP contribution < -0.4 is 0 Å². The highest BCUT2D eigenvalue weighted by molar-refractivity contribution is 5.89. The first-order valence-corrected chi connectivity index (χ1v) is 9.80. The van der Waals surface area contributed by atoms with Crippen molar-refractivity contribution in [3.63, 3.8) is 0 Å².